The van der Waals surface area contributed by atoms with Crippen molar-refractivity contribution >= 4 is 34.1 Å². The summed E-state index contributed by atoms with van der Waals surface area (Å²) in [5.41, 5.74) is 5.32. The van der Waals surface area contributed by atoms with Crippen molar-refractivity contribution in [2.24, 2.45) is 0 Å². The Balaban J connectivity index is 1.47. The number of rotatable bonds is 4. The van der Waals surface area contributed by atoms with Gasteiger partial charge in [-0.1, -0.05) is 47.5 Å². The van der Waals surface area contributed by atoms with Crippen molar-refractivity contribution in [3.8, 4) is 0 Å². The van der Waals surface area contributed by atoms with Crippen LogP contribution in [0.15, 0.2) is 42.5 Å². The smallest absolute Gasteiger partial charge is 0.0595 e. The van der Waals surface area contributed by atoms with E-state index in [9.17, 15) is 0 Å². The molecule has 1 heterocycles. The van der Waals surface area contributed by atoms with Crippen molar-refractivity contribution in [2.45, 2.75) is 31.7 Å². The van der Waals surface area contributed by atoms with Gasteiger partial charge in [0.1, 0.15) is 0 Å². The van der Waals surface area contributed by atoms with Gasteiger partial charge in [0.2, 0.25) is 0 Å². The van der Waals surface area contributed by atoms with Gasteiger partial charge >= 0.3 is 0 Å². The lowest BCUT2D eigenvalue weighted by Crippen LogP contribution is -2.27. The molecule has 0 radical (unpaired) electrons. The van der Waals surface area contributed by atoms with Crippen LogP contribution in [-0.4, -0.2) is 11.5 Å². The van der Waals surface area contributed by atoms with Gasteiger partial charge in [-0.05, 0) is 61.6 Å². The highest BCUT2D eigenvalue weighted by molar-refractivity contribution is 6.42. The Labute approximate surface area is 152 Å². The fourth-order valence-electron chi connectivity index (χ4n) is 3.70. The standard InChI is InChI=1S/C20H20Cl2N2/c21-16-9-8-13(12-17(16)22)10-11-23-19-7-3-5-15-14-4-1-2-6-18(14)24-20(15)19/h1-2,4,6,8-9,12,19,23-24H,3,5,7,10-11H2. The maximum atomic E-state index is 6.10. The van der Waals surface area contributed by atoms with Crippen LogP contribution in [0, 0.1) is 0 Å². The Morgan fingerprint density at radius 3 is 2.83 bits per heavy atom. The lowest BCUT2D eigenvalue weighted by molar-refractivity contribution is 0.456. The first-order valence-corrected chi connectivity index (χ1v) is 9.25. The third-order valence-corrected chi connectivity index (χ3v) is 5.64. The van der Waals surface area contributed by atoms with Crippen molar-refractivity contribution in [1.82, 2.24) is 10.3 Å². The van der Waals surface area contributed by atoms with Crippen LogP contribution in [0.25, 0.3) is 10.9 Å². The summed E-state index contributed by atoms with van der Waals surface area (Å²) in [6.45, 7) is 0.928. The van der Waals surface area contributed by atoms with Crippen molar-refractivity contribution in [1.29, 1.82) is 0 Å². The number of hydrogen-bond acceptors (Lipinski definition) is 1. The summed E-state index contributed by atoms with van der Waals surface area (Å²) < 4.78 is 0. The topological polar surface area (TPSA) is 27.8 Å². The zero-order chi connectivity index (χ0) is 16.5. The van der Waals surface area contributed by atoms with Crippen molar-refractivity contribution < 1.29 is 0 Å². The Morgan fingerprint density at radius 1 is 1.08 bits per heavy atom. The van der Waals surface area contributed by atoms with Crippen LogP contribution in [0.3, 0.4) is 0 Å². The minimum Gasteiger partial charge on any atom is -0.357 e. The number of halogens is 2. The number of para-hydroxylation sites is 1. The summed E-state index contributed by atoms with van der Waals surface area (Å²) in [7, 11) is 0. The van der Waals surface area contributed by atoms with E-state index in [2.05, 4.69) is 34.6 Å². The van der Waals surface area contributed by atoms with Gasteiger partial charge < -0.3 is 10.3 Å². The molecule has 0 fully saturated rings. The van der Waals surface area contributed by atoms with Gasteiger partial charge in [0.05, 0.1) is 10.0 Å². The Hall–Kier alpha value is -1.48. The second-order valence-electron chi connectivity index (χ2n) is 6.46. The number of nitrogens with one attached hydrogen (secondary N) is 2. The molecule has 1 aromatic heterocycles. The monoisotopic (exact) mass is 358 g/mol. The number of benzene rings is 2. The van der Waals surface area contributed by atoms with E-state index in [1.807, 2.05) is 18.2 Å². The molecule has 0 bridgehead atoms. The molecule has 0 amide bonds. The molecule has 1 aliphatic carbocycles. The van der Waals surface area contributed by atoms with Gasteiger partial charge in [0, 0.05) is 22.6 Å². The van der Waals surface area contributed by atoms with Crippen LogP contribution in [0.1, 0.15) is 35.7 Å². The lowest BCUT2D eigenvalue weighted by Gasteiger charge is -2.24. The minimum atomic E-state index is 0.406. The zero-order valence-corrected chi connectivity index (χ0v) is 14.9. The van der Waals surface area contributed by atoms with Gasteiger partial charge in [-0.25, -0.2) is 0 Å². The molecule has 1 atom stereocenters. The molecule has 0 saturated heterocycles. The maximum absolute atomic E-state index is 6.10. The fourth-order valence-corrected chi connectivity index (χ4v) is 4.03. The Kier molecular flexibility index (Phi) is 4.53. The number of aromatic amines is 1. The van der Waals surface area contributed by atoms with E-state index in [1.54, 1.807) is 0 Å². The van der Waals surface area contributed by atoms with E-state index in [0.717, 1.165) is 13.0 Å². The van der Waals surface area contributed by atoms with Crippen LogP contribution >= 0.6 is 23.2 Å². The molecule has 1 unspecified atom stereocenters. The van der Waals surface area contributed by atoms with E-state index in [1.165, 1.54) is 47.0 Å². The van der Waals surface area contributed by atoms with Crippen LogP contribution in [-0.2, 0) is 12.8 Å². The molecule has 4 heteroatoms. The first-order chi connectivity index (χ1) is 11.7. The molecule has 4 rings (SSSR count). The van der Waals surface area contributed by atoms with Gasteiger partial charge in [-0.3, -0.25) is 0 Å². The second kappa shape index (κ2) is 6.79. The minimum absolute atomic E-state index is 0.406. The molecular weight excluding hydrogens is 339 g/mol. The largest absolute Gasteiger partial charge is 0.357 e. The van der Waals surface area contributed by atoms with Crippen LogP contribution in [0.2, 0.25) is 10.0 Å². The lowest BCUT2D eigenvalue weighted by atomic mass is 9.91. The highest BCUT2D eigenvalue weighted by atomic mass is 35.5. The van der Waals surface area contributed by atoms with E-state index >= 15 is 0 Å². The molecule has 24 heavy (non-hydrogen) atoms. The van der Waals surface area contributed by atoms with Gasteiger partial charge in [-0.2, -0.15) is 0 Å². The number of aryl methyl sites for hydroxylation is 1. The molecule has 2 N–H and O–H groups in total. The second-order valence-corrected chi connectivity index (χ2v) is 7.27. The fraction of sp³-hybridized carbons (Fsp3) is 0.300. The molecule has 1 aliphatic rings. The summed E-state index contributed by atoms with van der Waals surface area (Å²) in [4.78, 5) is 3.63. The zero-order valence-electron chi connectivity index (χ0n) is 13.4. The van der Waals surface area contributed by atoms with Gasteiger partial charge in [-0.15, -0.1) is 0 Å². The third-order valence-electron chi connectivity index (χ3n) is 4.90. The number of hydrogen-bond donors (Lipinski definition) is 2. The average Bonchev–Trinajstić information content (AvgIpc) is 2.98. The maximum Gasteiger partial charge on any atom is 0.0595 e. The van der Waals surface area contributed by atoms with E-state index in [0.29, 0.717) is 16.1 Å². The van der Waals surface area contributed by atoms with E-state index in [-0.39, 0.29) is 0 Å². The summed E-state index contributed by atoms with van der Waals surface area (Å²) in [5, 5.41) is 6.34. The summed E-state index contributed by atoms with van der Waals surface area (Å²) in [6.07, 6.45) is 4.54. The highest BCUT2D eigenvalue weighted by Crippen LogP contribution is 2.34. The van der Waals surface area contributed by atoms with Gasteiger partial charge in [0.15, 0.2) is 0 Å². The molecular formula is C20H20Cl2N2. The quantitative estimate of drug-likeness (QED) is 0.616. The summed E-state index contributed by atoms with van der Waals surface area (Å²) in [6, 6.07) is 14.9. The SMILES string of the molecule is Clc1ccc(CCNC2CCCc3c2[nH]c2ccccc32)cc1Cl. The molecule has 2 aromatic carbocycles. The third kappa shape index (κ3) is 3.06. The molecule has 2 nitrogen and oxygen atoms in total. The first-order valence-electron chi connectivity index (χ1n) is 8.49. The molecule has 0 aliphatic heterocycles. The predicted octanol–water partition coefficient (Wildman–Crippen LogP) is 5.68. The number of fused-ring (bicyclic) bond motifs is 3. The molecule has 3 aromatic rings. The Morgan fingerprint density at radius 2 is 1.96 bits per heavy atom. The summed E-state index contributed by atoms with van der Waals surface area (Å²) in [5.74, 6) is 0. The van der Waals surface area contributed by atoms with E-state index in [4.69, 9.17) is 23.2 Å². The summed E-state index contributed by atoms with van der Waals surface area (Å²) >= 11 is 12.1. The average molecular weight is 359 g/mol. The van der Waals surface area contributed by atoms with Gasteiger partial charge in [0.25, 0.3) is 0 Å². The van der Waals surface area contributed by atoms with Crippen molar-refractivity contribution in [3.63, 3.8) is 0 Å². The van der Waals surface area contributed by atoms with Crippen LogP contribution in [0.4, 0.5) is 0 Å². The highest BCUT2D eigenvalue weighted by Gasteiger charge is 2.23. The van der Waals surface area contributed by atoms with Crippen LogP contribution in [0.5, 0.6) is 0 Å². The van der Waals surface area contributed by atoms with Crippen molar-refractivity contribution in [2.75, 3.05) is 6.54 Å². The number of H-pyrrole nitrogens is 1. The number of aromatic nitrogens is 1. The molecule has 0 saturated carbocycles. The Bertz CT molecular complexity index is 869. The van der Waals surface area contributed by atoms with E-state index < -0.39 is 0 Å². The molecule has 124 valence electrons. The normalized spacial score (nSPS) is 17.2. The van der Waals surface area contributed by atoms with Crippen LogP contribution < -0.4 is 5.32 Å². The van der Waals surface area contributed by atoms with Crippen molar-refractivity contribution in [3.05, 3.63) is 69.3 Å². The predicted molar refractivity (Wildman–Crippen MR) is 102 cm³/mol. The first kappa shape index (κ1) is 16.0. The molecule has 0 spiro atoms.